The normalized spacial score (nSPS) is 51.1. The van der Waals surface area contributed by atoms with E-state index in [9.17, 15) is 4.79 Å². The number of fused-ring (bicyclic) bond motifs is 5. The van der Waals surface area contributed by atoms with Crippen LogP contribution in [0.2, 0.25) is 0 Å². The van der Waals surface area contributed by atoms with E-state index in [4.69, 9.17) is 0 Å². The molecule has 0 aromatic carbocycles. The minimum absolute atomic E-state index is 0.317. The summed E-state index contributed by atoms with van der Waals surface area (Å²) in [6.45, 7) is 9.79. The van der Waals surface area contributed by atoms with E-state index in [1.165, 1.54) is 44.1 Å². The number of rotatable bonds is 1. The molecule has 132 valence electrons. The summed E-state index contributed by atoms with van der Waals surface area (Å²) in [4.78, 5) is 11.9. The highest BCUT2D eigenvalue weighted by molar-refractivity contribution is 5.91. The summed E-state index contributed by atoms with van der Waals surface area (Å²) in [7, 11) is 0. The monoisotopic (exact) mass is 326 g/mol. The lowest BCUT2D eigenvalue weighted by atomic mass is 9.45. The van der Waals surface area contributed by atoms with Crippen LogP contribution in [0.1, 0.15) is 79.1 Å². The van der Waals surface area contributed by atoms with Crippen molar-refractivity contribution in [1.29, 1.82) is 0 Å². The number of hydrogen-bond donors (Lipinski definition) is 0. The second kappa shape index (κ2) is 5.32. The lowest BCUT2D eigenvalue weighted by molar-refractivity contribution is -0.117. The molecule has 0 aromatic heterocycles. The van der Waals surface area contributed by atoms with Crippen LogP contribution in [0.3, 0.4) is 0 Å². The Labute approximate surface area is 148 Å². The van der Waals surface area contributed by atoms with Crippen molar-refractivity contribution in [3.8, 4) is 0 Å². The maximum atomic E-state index is 11.9. The number of carbonyl (C=O) groups excluding carboxylic acids is 1. The summed E-state index contributed by atoms with van der Waals surface area (Å²) in [5.41, 5.74) is 2.68. The van der Waals surface area contributed by atoms with Crippen LogP contribution in [0.25, 0.3) is 0 Å². The first-order valence-corrected chi connectivity index (χ1v) is 10.2. The summed E-state index contributed by atoms with van der Waals surface area (Å²) >= 11 is 0. The van der Waals surface area contributed by atoms with Gasteiger partial charge in [-0.3, -0.25) is 4.79 Å². The maximum absolute atomic E-state index is 11.9. The van der Waals surface area contributed by atoms with Crippen molar-refractivity contribution in [3.63, 3.8) is 0 Å². The number of hydrogen-bond acceptors (Lipinski definition) is 1. The average molecular weight is 327 g/mol. The Morgan fingerprint density at radius 1 is 1.00 bits per heavy atom. The fourth-order valence-corrected chi connectivity index (χ4v) is 7.50. The second-order valence-electron chi connectivity index (χ2n) is 9.88. The van der Waals surface area contributed by atoms with Crippen molar-refractivity contribution in [2.24, 2.45) is 34.0 Å². The highest BCUT2D eigenvalue weighted by Crippen LogP contribution is 2.70. The van der Waals surface area contributed by atoms with E-state index >= 15 is 0 Å². The molecule has 3 saturated carbocycles. The summed E-state index contributed by atoms with van der Waals surface area (Å²) in [6.07, 6.45) is 16.7. The Morgan fingerprint density at radius 3 is 2.50 bits per heavy atom. The summed E-state index contributed by atoms with van der Waals surface area (Å²) in [5.74, 6) is 2.96. The molecule has 0 amide bonds. The zero-order valence-corrected chi connectivity index (χ0v) is 16.0. The molecule has 4 aliphatic rings. The largest absolute Gasteiger partial charge is 0.295 e. The Kier molecular flexibility index (Phi) is 3.68. The Bertz CT molecular complexity index is 614. The lowest BCUT2D eigenvalue weighted by Crippen LogP contribution is -2.51. The van der Waals surface area contributed by atoms with E-state index in [1.54, 1.807) is 0 Å². The quantitative estimate of drug-likeness (QED) is 0.532. The van der Waals surface area contributed by atoms with Crippen LogP contribution in [0.15, 0.2) is 23.8 Å². The van der Waals surface area contributed by atoms with Gasteiger partial charge in [0.25, 0.3) is 0 Å². The van der Waals surface area contributed by atoms with Gasteiger partial charge in [0.1, 0.15) is 0 Å². The van der Waals surface area contributed by atoms with Crippen LogP contribution in [0, 0.1) is 34.0 Å². The van der Waals surface area contributed by atoms with Crippen LogP contribution >= 0.6 is 0 Å². The molecule has 24 heavy (non-hydrogen) atoms. The van der Waals surface area contributed by atoms with E-state index in [1.807, 2.05) is 6.08 Å². The minimum atomic E-state index is 0.317. The number of ketones is 1. The van der Waals surface area contributed by atoms with Crippen molar-refractivity contribution in [1.82, 2.24) is 0 Å². The number of allylic oxidation sites excluding steroid dienone is 3. The van der Waals surface area contributed by atoms with Gasteiger partial charge >= 0.3 is 0 Å². The van der Waals surface area contributed by atoms with Crippen LogP contribution in [-0.4, -0.2) is 5.78 Å². The molecule has 0 saturated heterocycles. The van der Waals surface area contributed by atoms with Crippen LogP contribution in [-0.2, 0) is 4.79 Å². The van der Waals surface area contributed by atoms with Gasteiger partial charge in [0.05, 0.1) is 0 Å². The van der Waals surface area contributed by atoms with Gasteiger partial charge in [0, 0.05) is 6.42 Å². The zero-order chi connectivity index (χ0) is 17.2. The molecule has 1 heteroatoms. The predicted octanol–water partition coefficient (Wildman–Crippen LogP) is 6.10. The fraction of sp³-hybridized carbons (Fsp3) is 0.783. The van der Waals surface area contributed by atoms with E-state index in [2.05, 4.69) is 39.8 Å². The van der Waals surface area contributed by atoms with Crippen molar-refractivity contribution >= 4 is 5.78 Å². The molecule has 0 N–H and O–H groups in total. The number of carbonyl (C=O) groups is 1. The topological polar surface area (TPSA) is 17.1 Å². The zero-order valence-electron chi connectivity index (χ0n) is 16.0. The van der Waals surface area contributed by atoms with Crippen LogP contribution in [0.5, 0.6) is 0 Å². The van der Waals surface area contributed by atoms with Gasteiger partial charge in [0.2, 0.25) is 0 Å². The molecular formula is C23H34O. The molecule has 6 atom stereocenters. The summed E-state index contributed by atoms with van der Waals surface area (Å²) in [6, 6.07) is 0. The van der Waals surface area contributed by atoms with Crippen LogP contribution in [0.4, 0.5) is 0 Å². The molecule has 0 spiro atoms. The van der Waals surface area contributed by atoms with Gasteiger partial charge in [-0.15, -0.1) is 0 Å². The first-order chi connectivity index (χ1) is 11.3. The van der Waals surface area contributed by atoms with E-state index in [-0.39, 0.29) is 0 Å². The van der Waals surface area contributed by atoms with Crippen molar-refractivity contribution in [2.75, 3.05) is 0 Å². The Balaban J connectivity index is 1.68. The third kappa shape index (κ3) is 2.02. The summed E-state index contributed by atoms with van der Waals surface area (Å²) < 4.78 is 0. The second-order valence-corrected chi connectivity index (χ2v) is 9.88. The van der Waals surface area contributed by atoms with Gasteiger partial charge < -0.3 is 0 Å². The third-order valence-electron chi connectivity index (χ3n) is 9.17. The van der Waals surface area contributed by atoms with E-state index in [0.717, 1.165) is 30.6 Å². The molecule has 1 nitrogen and oxygen atoms in total. The van der Waals surface area contributed by atoms with Crippen LogP contribution < -0.4 is 0 Å². The molecule has 1 unspecified atom stereocenters. The van der Waals surface area contributed by atoms with Crippen molar-refractivity contribution < 1.29 is 4.79 Å². The molecule has 0 heterocycles. The third-order valence-corrected chi connectivity index (χ3v) is 9.17. The molecule has 0 aromatic rings. The first kappa shape index (κ1) is 16.6. The molecule has 0 aliphatic heterocycles. The highest BCUT2D eigenvalue weighted by atomic mass is 16.1. The van der Waals surface area contributed by atoms with Crippen molar-refractivity contribution in [3.05, 3.63) is 23.8 Å². The summed E-state index contributed by atoms with van der Waals surface area (Å²) in [5, 5.41) is 0. The van der Waals surface area contributed by atoms with Gasteiger partial charge in [-0.25, -0.2) is 0 Å². The molecule has 4 aliphatic carbocycles. The van der Waals surface area contributed by atoms with Gasteiger partial charge in [0.15, 0.2) is 5.78 Å². The predicted molar refractivity (Wildman–Crippen MR) is 99.6 cm³/mol. The molecular weight excluding hydrogens is 292 g/mol. The fourth-order valence-electron chi connectivity index (χ4n) is 7.50. The highest BCUT2D eigenvalue weighted by Gasteiger charge is 2.61. The van der Waals surface area contributed by atoms with Crippen molar-refractivity contribution in [2.45, 2.75) is 79.1 Å². The lowest BCUT2D eigenvalue weighted by Gasteiger charge is -2.59. The molecule has 3 fully saturated rings. The minimum Gasteiger partial charge on any atom is -0.295 e. The first-order valence-electron chi connectivity index (χ1n) is 10.2. The SMILES string of the molecule is C/C=C/[C@@]1(C)CC[C@H]2C3CCC4=CC(=O)CC[C@]4(C)[C@H]3CC[C@@]21C. The molecule has 0 radical (unpaired) electrons. The smallest absolute Gasteiger partial charge is 0.155 e. The van der Waals surface area contributed by atoms with E-state index in [0.29, 0.717) is 22.0 Å². The Morgan fingerprint density at radius 2 is 1.75 bits per heavy atom. The Hall–Kier alpha value is -0.850. The molecule has 4 rings (SSSR count). The van der Waals surface area contributed by atoms with Gasteiger partial charge in [-0.2, -0.15) is 0 Å². The average Bonchev–Trinajstić information content (AvgIpc) is 2.80. The maximum Gasteiger partial charge on any atom is 0.155 e. The van der Waals surface area contributed by atoms with Gasteiger partial charge in [-0.05, 0) is 91.9 Å². The standard InChI is InChI=1S/C23H34O/c1-5-11-21(2)12-9-20-18-7-6-16-15-17(24)8-13-22(16,3)19(18)10-14-23(20,21)4/h5,11,15,18-20H,6-10,12-14H2,1-4H3/b11-5+/t18?,19-,20-,21-,22-,23-/m0/s1. The molecule has 0 bridgehead atoms. The van der Waals surface area contributed by atoms with Gasteiger partial charge in [-0.1, -0.05) is 38.5 Å². The van der Waals surface area contributed by atoms with E-state index < -0.39 is 0 Å².